The van der Waals surface area contributed by atoms with Crippen molar-refractivity contribution in [1.29, 1.82) is 0 Å². The van der Waals surface area contributed by atoms with Gasteiger partial charge in [0.1, 0.15) is 5.75 Å². The van der Waals surface area contributed by atoms with Crippen molar-refractivity contribution in [2.75, 3.05) is 7.11 Å². The number of ether oxygens (including phenoxy) is 1. The van der Waals surface area contributed by atoms with Gasteiger partial charge in [-0.3, -0.25) is 0 Å². The molecule has 1 aliphatic rings. The van der Waals surface area contributed by atoms with Crippen molar-refractivity contribution < 1.29 is 4.74 Å². The molecule has 0 aromatic heterocycles. The average Bonchev–Trinajstić information content (AvgIpc) is 3.02. The molecule has 0 spiro atoms. The van der Waals surface area contributed by atoms with Gasteiger partial charge in [0.25, 0.3) is 0 Å². The molecule has 4 rings (SSSR count). The molecular weight excluding hydrogens is 392 g/mol. The van der Waals surface area contributed by atoms with E-state index in [1.54, 1.807) is 7.11 Å². The number of benzene rings is 3. The summed E-state index contributed by atoms with van der Waals surface area (Å²) in [4.78, 5) is 0. The summed E-state index contributed by atoms with van der Waals surface area (Å²) in [7, 11) is -0.271. The van der Waals surface area contributed by atoms with E-state index in [4.69, 9.17) is 16.3 Å². The van der Waals surface area contributed by atoms with Crippen molar-refractivity contribution in [1.82, 2.24) is 0 Å². The molecule has 0 saturated heterocycles. The van der Waals surface area contributed by atoms with Crippen LogP contribution in [0.2, 0.25) is 18.1 Å². The molecular formula is C26H29ClOSi. The monoisotopic (exact) mass is 420 g/mol. The summed E-state index contributed by atoms with van der Waals surface area (Å²) in [5.74, 6) is 1.01. The van der Waals surface area contributed by atoms with Gasteiger partial charge in [-0.15, -0.1) is 0 Å². The molecule has 0 N–H and O–H groups in total. The number of rotatable bonds is 3. The Bertz CT molecular complexity index is 1030. The molecule has 0 radical (unpaired) electrons. The fraction of sp³-hybridized carbons (Fsp3) is 0.308. The Hall–Kier alpha value is -2.03. The highest BCUT2D eigenvalue weighted by Crippen LogP contribution is 2.49. The molecule has 3 heteroatoms. The second-order valence-electron chi connectivity index (χ2n) is 9.61. The smallest absolute Gasteiger partial charge is 0.121 e. The van der Waals surface area contributed by atoms with Gasteiger partial charge in [0.05, 0.1) is 15.2 Å². The lowest BCUT2D eigenvalue weighted by Gasteiger charge is -2.35. The van der Waals surface area contributed by atoms with Crippen molar-refractivity contribution in [2.24, 2.45) is 0 Å². The molecule has 0 saturated carbocycles. The molecule has 0 amide bonds. The van der Waals surface area contributed by atoms with Crippen LogP contribution in [0, 0.1) is 0 Å². The van der Waals surface area contributed by atoms with Crippen LogP contribution < -0.4 is 9.92 Å². The van der Waals surface area contributed by atoms with Crippen molar-refractivity contribution >= 4 is 24.9 Å². The average molecular weight is 421 g/mol. The molecule has 0 aliphatic heterocycles. The molecule has 3 aromatic rings. The van der Waals surface area contributed by atoms with Crippen LogP contribution in [-0.4, -0.2) is 15.2 Å². The Morgan fingerprint density at radius 1 is 0.862 bits per heavy atom. The van der Waals surface area contributed by atoms with Crippen molar-refractivity contribution in [3.05, 3.63) is 82.4 Å². The molecule has 0 unspecified atom stereocenters. The third kappa shape index (κ3) is 3.23. The van der Waals surface area contributed by atoms with Gasteiger partial charge in [-0.05, 0) is 45.0 Å². The second kappa shape index (κ2) is 7.04. The molecule has 3 aromatic carbocycles. The van der Waals surface area contributed by atoms with E-state index < -0.39 is 8.07 Å². The topological polar surface area (TPSA) is 9.23 Å². The summed E-state index contributed by atoms with van der Waals surface area (Å²) >= 11 is 6.66. The minimum absolute atomic E-state index is 0.0407. The SMILES string of the molecule is COc1c(C(C)(C)C)cc(Cl)cc1[Si](C)(C)C1c2ccccc2-c2ccccc21. The molecule has 0 fully saturated rings. The standard InChI is InChI=1S/C26H29ClOSi/c1-26(2,3)22-15-17(27)16-23(24(22)28-4)29(5,6)25-20-13-9-7-11-18(20)19-12-8-10-14-21(19)25/h7-16,25H,1-6H3. The van der Waals surface area contributed by atoms with Gasteiger partial charge in [0.2, 0.25) is 0 Å². The lowest BCUT2D eigenvalue weighted by atomic mass is 9.86. The molecule has 0 bridgehead atoms. The Kier molecular flexibility index (Phi) is 4.91. The van der Waals surface area contributed by atoms with Crippen molar-refractivity contribution in [3.8, 4) is 16.9 Å². The summed E-state index contributed by atoms with van der Waals surface area (Å²) in [6, 6.07) is 22.0. The van der Waals surface area contributed by atoms with Gasteiger partial charge in [-0.1, -0.05) is 94.0 Å². The Morgan fingerprint density at radius 3 is 1.86 bits per heavy atom. The summed E-state index contributed by atoms with van der Waals surface area (Å²) in [5.41, 5.74) is 7.12. The lowest BCUT2D eigenvalue weighted by molar-refractivity contribution is 0.400. The Balaban J connectivity index is 1.99. The summed E-state index contributed by atoms with van der Waals surface area (Å²) in [5, 5.41) is 2.10. The maximum absolute atomic E-state index is 6.66. The highest BCUT2D eigenvalue weighted by Gasteiger charge is 2.44. The number of methoxy groups -OCH3 is 1. The third-order valence-electron chi connectivity index (χ3n) is 6.32. The van der Waals surface area contributed by atoms with Crippen molar-refractivity contribution in [3.63, 3.8) is 0 Å². The van der Waals surface area contributed by atoms with E-state index in [0.29, 0.717) is 5.54 Å². The maximum atomic E-state index is 6.66. The predicted octanol–water partition coefficient (Wildman–Crippen LogP) is 6.91. The van der Waals surface area contributed by atoms with E-state index >= 15 is 0 Å². The largest absolute Gasteiger partial charge is 0.497 e. The molecule has 0 heterocycles. The predicted molar refractivity (Wildman–Crippen MR) is 128 cm³/mol. The van der Waals surface area contributed by atoms with Gasteiger partial charge in [-0.2, -0.15) is 0 Å². The number of halogens is 1. The van der Waals surface area contributed by atoms with Crippen LogP contribution >= 0.6 is 11.6 Å². The van der Waals surface area contributed by atoms with Crippen LogP contribution in [0.15, 0.2) is 60.7 Å². The fourth-order valence-corrected chi connectivity index (χ4v) is 8.97. The van der Waals surface area contributed by atoms with E-state index in [1.165, 1.54) is 33.0 Å². The van der Waals surface area contributed by atoms with Crippen LogP contribution in [0.1, 0.15) is 43.0 Å². The highest BCUT2D eigenvalue weighted by molar-refractivity contribution is 6.92. The van der Waals surface area contributed by atoms with E-state index in [2.05, 4.69) is 94.5 Å². The summed E-state index contributed by atoms with van der Waals surface area (Å²) in [6.07, 6.45) is 0. The first-order chi connectivity index (χ1) is 13.7. The first-order valence-electron chi connectivity index (χ1n) is 10.2. The molecule has 0 atom stereocenters. The zero-order chi connectivity index (χ0) is 21.0. The molecule has 150 valence electrons. The molecule has 1 nitrogen and oxygen atoms in total. The van der Waals surface area contributed by atoms with Gasteiger partial charge in [-0.25, -0.2) is 0 Å². The van der Waals surface area contributed by atoms with E-state index in [1.807, 2.05) is 0 Å². The fourth-order valence-electron chi connectivity index (χ4n) is 4.94. The van der Waals surface area contributed by atoms with E-state index in [0.717, 1.165) is 10.8 Å². The van der Waals surface area contributed by atoms with Crippen LogP contribution in [0.3, 0.4) is 0 Å². The number of hydrogen-bond acceptors (Lipinski definition) is 1. The number of hydrogen-bond donors (Lipinski definition) is 0. The molecule has 29 heavy (non-hydrogen) atoms. The normalized spacial score (nSPS) is 13.9. The highest BCUT2D eigenvalue weighted by atomic mass is 35.5. The Morgan fingerprint density at radius 2 is 1.38 bits per heavy atom. The maximum Gasteiger partial charge on any atom is 0.121 e. The second-order valence-corrected chi connectivity index (χ2v) is 14.6. The van der Waals surface area contributed by atoms with Gasteiger partial charge in [0, 0.05) is 16.1 Å². The van der Waals surface area contributed by atoms with E-state index in [-0.39, 0.29) is 5.41 Å². The first kappa shape index (κ1) is 20.2. The van der Waals surface area contributed by atoms with Gasteiger partial charge < -0.3 is 4.74 Å². The van der Waals surface area contributed by atoms with Crippen LogP contribution in [-0.2, 0) is 5.41 Å². The molecule has 1 aliphatic carbocycles. The van der Waals surface area contributed by atoms with Crippen LogP contribution in [0.25, 0.3) is 11.1 Å². The Labute approximate surface area is 180 Å². The van der Waals surface area contributed by atoms with Crippen LogP contribution in [0.5, 0.6) is 5.75 Å². The minimum atomic E-state index is -2.07. The zero-order valence-electron chi connectivity index (χ0n) is 18.1. The minimum Gasteiger partial charge on any atom is -0.497 e. The third-order valence-corrected chi connectivity index (χ3v) is 10.4. The lowest BCUT2D eigenvalue weighted by Crippen LogP contribution is -2.48. The van der Waals surface area contributed by atoms with Gasteiger partial charge >= 0.3 is 0 Å². The van der Waals surface area contributed by atoms with E-state index in [9.17, 15) is 0 Å². The first-order valence-corrected chi connectivity index (χ1v) is 13.7. The summed E-state index contributed by atoms with van der Waals surface area (Å²) < 4.78 is 6.06. The summed E-state index contributed by atoms with van der Waals surface area (Å²) in [6.45, 7) is 11.6. The number of fused-ring (bicyclic) bond motifs is 3. The van der Waals surface area contributed by atoms with Gasteiger partial charge in [0.15, 0.2) is 0 Å². The zero-order valence-corrected chi connectivity index (χ0v) is 19.9. The van der Waals surface area contributed by atoms with Crippen molar-refractivity contribution in [2.45, 2.75) is 44.8 Å². The van der Waals surface area contributed by atoms with Crippen LogP contribution in [0.4, 0.5) is 0 Å². The quantitative estimate of drug-likeness (QED) is 0.418.